The van der Waals surface area contributed by atoms with E-state index >= 15 is 0 Å². The van der Waals surface area contributed by atoms with Gasteiger partial charge in [0.1, 0.15) is 22.3 Å². The largest absolute Gasteiger partial charge is 0.456 e. The number of aromatic nitrogens is 3. The standard InChI is InChI=1S/C51H31N3O2/c1-4-13-32(14-5-1)38-26-39(35-19-12-20-37(25-35)51-53-49(33-15-6-2-7-16-33)52-50(54-51)34-17-8-3-9-18-34)28-40(27-38)36-23-24-46-42(29-36)44-31-47-43(30-48(44)56-46)41-21-10-11-22-45(41)55-47/h1-31H. The molecule has 0 fully saturated rings. The first-order valence-corrected chi connectivity index (χ1v) is 18.7. The van der Waals surface area contributed by atoms with Crippen molar-refractivity contribution in [3.05, 3.63) is 188 Å². The molecule has 3 aromatic heterocycles. The second-order valence-corrected chi connectivity index (χ2v) is 14.0. The Morgan fingerprint density at radius 2 is 0.643 bits per heavy atom. The molecule has 0 N–H and O–H groups in total. The Labute approximate surface area is 322 Å². The number of nitrogens with zero attached hydrogens (tertiary/aromatic N) is 3. The summed E-state index contributed by atoms with van der Waals surface area (Å²) in [5.41, 5.74) is 12.8. The van der Waals surface area contributed by atoms with Crippen LogP contribution in [-0.4, -0.2) is 15.0 Å². The van der Waals surface area contributed by atoms with Crippen LogP contribution in [0.3, 0.4) is 0 Å². The Bertz CT molecular complexity index is 3180. The van der Waals surface area contributed by atoms with E-state index in [0.29, 0.717) is 17.5 Å². The van der Waals surface area contributed by atoms with Crippen molar-refractivity contribution in [1.82, 2.24) is 15.0 Å². The van der Waals surface area contributed by atoms with Gasteiger partial charge in [-0.05, 0) is 88.0 Å². The van der Waals surface area contributed by atoms with Crippen molar-refractivity contribution in [2.75, 3.05) is 0 Å². The first kappa shape index (κ1) is 31.9. The number of furan rings is 2. The second kappa shape index (κ2) is 13.0. The van der Waals surface area contributed by atoms with Gasteiger partial charge in [-0.1, -0.05) is 133 Å². The molecule has 5 heteroatoms. The first-order valence-electron chi connectivity index (χ1n) is 18.7. The Morgan fingerprint density at radius 3 is 1.27 bits per heavy atom. The summed E-state index contributed by atoms with van der Waals surface area (Å²) in [6.45, 7) is 0. The number of hydrogen-bond acceptors (Lipinski definition) is 5. The Kier molecular flexibility index (Phi) is 7.42. The molecule has 8 aromatic carbocycles. The minimum atomic E-state index is 0.620. The number of hydrogen-bond donors (Lipinski definition) is 0. The van der Waals surface area contributed by atoms with Crippen LogP contribution < -0.4 is 0 Å². The highest BCUT2D eigenvalue weighted by molar-refractivity contribution is 6.15. The van der Waals surface area contributed by atoms with Gasteiger partial charge in [-0.25, -0.2) is 15.0 Å². The molecule has 11 rings (SSSR count). The number of benzene rings is 8. The third kappa shape index (κ3) is 5.62. The highest BCUT2D eigenvalue weighted by Crippen LogP contribution is 2.40. The lowest BCUT2D eigenvalue weighted by molar-refractivity contribution is 0.664. The molecule has 0 radical (unpaired) electrons. The van der Waals surface area contributed by atoms with E-state index in [1.807, 2.05) is 78.9 Å². The van der Waals surface area contributed by atoms with Crippen LogP contribution in [0.5, 0.6) is 0 Å². The maximum absolute atomic E-state index is 6.43. The second-order valence-electron chi connectivity index (χ2n) is 14.0. The molecule has 0 spiro atoms. The quantitative estimate of drug-likeness (QED) is 0.171. The summed E-state index contributed by atoms with van der Waals surface area (Å²) in [7, 11) is 0. The van der Waals surface area contributed by atoms with Gasteiger partial charge >= 0.3 is 0 Å². The maximum Gasteiger partial charge on any atom is 0.164 e. The summed E-state index contributed by atoms with van der Waals surface area (Å²) in [6, 6.07) is 64.8. The van der Waals surface area contributed by atoms with Gasteiger partial charge in [0.25, 0.3) is 0 Å². The highest BCUT2D eigenvalue weighted by Gasteiger charge is 2.17. The van der Waals surface area contributed by atoms with Crippen LogP contribution >= 0.6 is 0 Å². The lowest BCUT2D eigenvalue weighted by Crippen LogP contribution is -2.00. The molecule has 0 amide bonds. The van der Waals surface area contributed by atoms with Crippen LogP contribution in [0.15, 0.2) is 197 Å². The topological polar surface area (TPSA) is 65.0 Å². The molecule has 0 bridgehead atoms. The molecule has 262 valence electrons. The summed E-state index contributed by atoms with van der Waals surface area (Å²) >= 11 is 0. The van der Waals surface area contributed by atoms with Crippen LogP contribution in [0.2, 0.25) is 0 Å². The third-order valence-corrected chi connectivity index (χ3v) is 10.5. The molecule has 3 heterocycles. The molecule has 0 saturated carbocycles. The highest BCUT2D eigenvalue weighted by atomic mass is 16.3. The van der Waals surface area contributed by atoms with E-state index in [-0.39, 0.29) is 0 Å². The van der Waals surface area contributed by atoms with Gasteiger partial charge in [0, 0.05) is 38.2 Å². The fraction of sp³-hybridized carbons (Fsp3) is 0. The van der Waals surface area contributed by atoms with Crippen molar-refractivity contribution in [2.24, 2.45) is 0 Å². The number of para-hydroxylation sites is 1. The molecule has 11 aromatic rings. The summed E-state index contributed by atoms with van der Waals surface area (Å²) in [5, 5.41) is 4.22. The molecule has 56 heavy (non-hydrogen) atoms. The summed E-state index contributed by atoms with van der Waals surface area (Å²) < 4.78 is 12.7. The average Bonchev–Trinajstić information content (AvgIpc) is 3.83. The number of fused-ring (bicyclic) bond motifs is 6. The minimum absolute atomic E-state index is 0.620. The SMILES string of the molecule is c1ccc(-c2cc(-c3cccc(-c4nc(-c5ccccc5)nc(-c5ccccc5)n4)c3)cc(-c3ccc4oc5cc6c(cc5c4c3)oc3ccccc36)c2)cc1. The fourth-order valence-corrected chi connectivity index (χ4v) is 7.71. The molecular formula is C51H31N3O2. The molecule has 0 aliphatic carbocycles. The Hall–Kier alpha value is -7.63. The van der Waals surface area contributed by atoms with E-state index in [2.05, 4.69) is 109 Å². The van der Waals surface area contributed by atoms with Crippen molar-refractivity contribution in [3.63, 3.8) is 0 Å². The van der Waals surface area contributed by atoms with Gasteiger partial charge in [-0.15, -0.1) is 0 Å². The van der Waals surface area contributed by atoms with Gasteiger partial charge in [0.05, 0.1) is 0 Å². The van der Waals surface area contributed by atoms with Crippen molar-refractivity contribution < 1.29 is 8.83 Å². The molecule has 0 saturated heterocycles. The molecular weight excluding hydrogens is 687 g/mol. The van der Waals surface area contributed by atoms with Crippen molar-refractivity contribution in [3.8, 4) is 67.5 Å². The van der Waals surface area contributed by atoms with E-state index in [4.69, 9.17) is 23.8 Å². The zero-order valence-electron chi connectivity index (χ0n) is 30.1. The van der Waals surface area contributed by atoms with Crippen LogP contribution in [0.1, 0.15) is 0 Å². The first-order chi connectivity index (χ1) is 27.7. The molecule has 0 aliphatic rings. The summed E-state index contributed by atoms with van der Waals surface area (Å²) in [4.78, 5) is 14.9. The van der Waals surface area contributed by atoms with Gasteiger partial charge in [0.2, 0.25) is 0 Å². The Morgan fingerprint density at radius 1 is 0.232 bits per heavy atom. The summed E-state index contributed by atoms with van der Waals surface area (Å²) in [6.07, 6.45) is 0. The smallest absolute Gasteiger partial charge is 0.164 e. The molecule has 5 nitrogen and oxygen atoms in total. The maximum atomic E-state index is 6.43. The van der Waals surface area contributed by atoms with E-state index in [0.717, 1.165) is 93.9 Å². The predicted octanol–water partition coefficient (Wildman–Crippen LogP) is 13.7. The van der Waals surface area contributed by atoms with Crippen molar-refractivity contribution in [1.29, 1.82) is 0 Å². The van der Waals surface area contributed by atoms with Crippen LogP contribution in [0.25, 0.3) is 111 Å². The predicted molar refractivity (Wildman–Crippen MR) is 227 cm³/mol. The average molecular weight is 718 g/mol. The monoisotopic (exact) mass is 717 g/mol. The van der Waals surface area contributed by atoms with E-state index < -0.39 is 0 Å². The van der Waals surface area contributed by atoms with E-state index in [1.165, 1.54) is 0 Å². The van der Waals surface area contributed by atoms with Crippen molar-refractivity contribution >= 4 is 43.9 Å². The Balaban J connectivity index is 1.05. The molecule has 0 aliphatic heterocycles. The summed E-state index contributed by atoms with van der Waals surface area (Å²) in [5.74, 6) is 1.89. The third-order valence-electron chi connectivity index (χ3n) is 10.5. The van der Waals surface area contributed by atoms with E-state index in [1.54, 1.807) is 0 Å². The molecule has 0 atom stereocenters. The lowest BCUT2D eigenvalue weighted by Gasteiger charge is -2.13. The van der Waals surface area contributed by atoms with Gasteiger partial charge < -0.3 is 8.83 Å². The van der Waals surface area contributed by atoms with Crippen LogP contribution in [0, 0.1) is 0 Å². The van der Waals surface area contributed by atoms with Gasteiger partial charge in [-0.2, -0.15) is 0 Å². The zero-order chi connectivity index (χ0) is 37.0. The van der Waals surface area contributed by atoms with Gasteiger partial charge in [0.15, 0.2) is 17.5 Å². The minimum Gasteiger partial charge on any atom is -0.456 e. The van der Waals surface area contributed by atoms with E-state index in [9.17, 15) is 0 Å². The zero-order valence-corrected chi connectivity index (χ0v) is 30.1. The van der Waals surface area contributed by atoms with Gasteiger partial charge in [-0.3, -0.25) is 0 Å². The van der Waals surface area contributed by atoms with Crippen LogP contribution in [0.4, 0.5) is 0 Å². The lowest BCUT2D eigenvalue weighted by atomic mass is 9.92. The van der Waals surface area contributed by atoms with Crippen molar-refractivity contribution in [2.45, 2.75) is 0 Å². The molecule has 0 unspecified atom stereocenters. The van der Waals surface area contributed by atoms with Crippen LogP contribution in [-0.2, 0) is 0 Å². The normalized spacial score (nSPS) is 11.6. The fourth-order valence-electron chi connectivity index (χ4n) is 7.71. The number of rotatable bonds is 6.